The second kappa shape index (κ2) is 4.86. The van der Waals surface area contributed by atoms with Gasteiger partial charge in [0.05, 0.1) is 12.7 Å². The highest BCUT2D eigenvalue weighted by molar-refractivity contribution is 5.63. The van der Waals surface area contributed by atoms with Gasteiger partial charge in [-0.3, -0.25) is 4.90 Å². The molecule has 0 saturated heterocycles. The molecule has 0 amide bonds. The number of rotatable bonds is 1. The first-order valence-electron chi connectivity index (χ1n) is 7.20. The summed E-state index contributed by atoms with van der Waals surface area (Å²) >= 11 is 0. The van der Waals surface area contributed by atoms with Gasteiger partial charge in [0.15, 0.2) is 0 Å². The molecule has 2 aromatic carbocycles. The van der Waals surface area contributed by atoms with E-state index >= 15 is 0 Å². The fourth-order valence-electron chi connectivity index (χ4n) is 3.24. The molecule has 3 heteroatoms. The number of imidazole rings is 1. The van der Waals surface area contributed by atoms with Crippen LogP contribution in [0.25, 0.3) is 11.4 Å². The molecule has 3 aromatic rings. The molecule has 3 nitrogen and oxygen atoms in total. The lowest BCUT2D eigenvalue weighted by molar-refractivity contribution is 0.227. The van der Waals surface area contributed by atoms with Crippen LogP contribution in [0, 0.1) is 0 Å². The van der Waals surface area contributed by atoms with Gasteiger partial charge in [-0.25, -0.2) is 4.98 Å². The predicted octanol–water partition coefficient (Wildman–Crippen LogP) is 3.54. The van der Waals surface area contributed by atoms with Crippen molar-refractivity contribution >= 4 is 0 Å². The summed E-state index contributed by atoms with van der Waals surface area (Å²) in [4.78, 5) is 6.92. The molecule has 0 fully saturated rings. The van der Waals surface area contributed by atoms with Crippen molar-refractivity contribution in [1.82, 2.24) is 14.5 Å². The minimum atomic E-state index is 0.254. The Morgan fingerprint density at radius 2 is 1.76 bits per heavy atom. The standard InChI is InChI=1S/C18H17N3/c1-20-13-21-12-11-19-18(21)16-10-6-5-9-15(16)17(20)14-7-3-2-4-8-14/h2-12,17H,13H2,1H3. The third kappa shape index (κ3) is 1.98. The molecule has 0 saturated carbocycles. The van der Waals surface area contributed by atoms with Gasteiger partial charge in [0.1, 0.15) is 5.82 Å². The molecule has 21 heavy (non-hydrogen) atoms. The molecule has 1 aliphatic heterocycles. The number of benzene rings is 2. The van der Waals surface area contributed by atoms with E-state index in [1.54, 1.807) is 0 Å². The van der Waals surface area contributed by atoms with Crippen LogP contribution in [0.15, 0.2) is 67.0 Å². The van der Waals surface area contributed by atoms with Gasteiger partial charge in [-0.05, 0) is 18.2 Å². The molecule has 1 aliphatic rings. The summed E-state index contributed by atoms with van der Waals surface area (Å²) in [5.41, 5.74) is 3.86. The van der Waals surface area contributed by atoms with E-state index in [9.17, 15) is 0 Å². The van der Waals surface area contributed by atoms with Crippen LogP contribution in [0.4, 0.5) is 0 Å². The highest BCUT2D eigenvalue weighted by Crippen LogP contribution is 2.37. The average Bonchev–Trinajstić information content (AvgIpc) is 2.93. The first kappa shape index (κ1) is 12.4. The van der Waals surface area contributed by atoms with Gasteiger partial charge in [-0.1, -0.05) is 54.6 Å². The Balaban J connectivity index is 1.95. The smallest absolute Gasteiger partial charge is 0.141 e. The van der Waals surface area contributed by atoms with Crippen molar-refractivity contribution in [2.24, 2.45) is 0 Å². The topological polar surface area (TPSA) is 21.1 Å². The van der Waals surface area contributed by atoms with Crippen LogP contribution >= 0.6 is 0 Å². The van der Waals surface area contributed by atoms with Gasteiger partial charge >= 0.3 is 0 Å². The van der Waals surface area contributed by atoms with E-state index in [-0.39, 0.29) is 6.04 Å². The van der Waals surface area contributed by atoms with Crippen LogP contribution in [0.5, 0.6) is 0 Å². The third-order valence-corrected chi connectivity index (χ3v) is 4.14. The van der Waals surface area contributed by atoms with Crippen molar-refractivity contribution < 1.29 is 0 Å². The summed E-state index contributed by atoms with van der Waals surface area (Å²) in [6.07, 6.45) is 3.93. The average molecular weight is 275 g/mol. The molecule has 2 heterocycles. The summed E-state index contributed by atoms with van der Waals surface area (Å²) < 4.78 is 2.21. The normalized spacial score (nSPS) is 17.9. The maximum Gasteiger partial charge on any atom is 0.141 e. The number of hydrogen-bond donors (Lipinski definition) is 0. The maximum atomic E-state index is 4.56. The Morgan fingerprint density at radius 1 is 1.00 bits per heavy atom. The molecule has 0 N–H and O–H groups in total. The largest absolute Gasteiger partial charge is 0.317 e. The Bertz CT molecular complexity index is 761. The molecule has 4 rings (SSSR count). The predicted molar refractivity (Wildman–Crippen MR) is 83.7 cm³/mol. The second-order valence-electron chi connectivity index (χ2n) is 5.52. The van der Waals surface area contributed by atoms with E-state index in [4.69, 9.17) is 0 Å². The zero-order valence-corrected chi connectivity index (χ0v) is 12.0. The van der Waals surface area contributed by atoms with Crippen molar-refractivity contribution in [2.75, 3.05) is 7.05 Å². The molecular formula is C18H17N3. The Hall–Kier alpha value is -2.39. The summed E-state index contributed by atoms with van der Waals surface area (Å²) in [6.45, 7) is 0.837. The summed E-state index contributed by atoms with van der Waals surface area (Å²) in [5.74, 6) is 1.05. The van der Waals surface area contributed by atoms with Gasteiger partial charge in [0.25, 0.3) is 0 Å². The molecule has 0 spiro atoms. The molecule has 104 valence electrons. The van der Waals surface area contributed by atoms with E-state index in [1.165, 1.54) is 16.7 Å². The lowest BCUT2D eigenvalue weighted by Crippen LogP contribution is -2.26. The van der Waals surface area contributed by atoms with Crippen LogP contribution in [0.3, 0.4) is 0 Å². The number of fused-ring (bicyclic) bond motifs is 3. The second-order valence-corrected chi connectivity index (χ2v) is 5.52. The van der Waals surface area contributed by atoms with E-state index in [0.29, 0.717) is 0 Å². The fourth-order valence-corrected chi connectivity index (χ4v) is 3.24. The SMILES string of the molecule is CN1Cn2ccnc2-c2ccccc2C1c1ccccc1. The highest BCUT2D eigenvalue weighted by atomic mass is 15.3. The molecule has 0 aliphatic carbocycles. The maximum absolute atomic E-state index is 4.56. The van der Waals surface area contributed by atoms with Crippen molar-refractivity contribution in [3.8, 4) is 11.4 Å². The Labute approximate surface area is 124 Å². The van der Waals surface area contributed by atoms with Gasteiger partial charge in [0.2, 0.25) is 0 Å². The Morgan fingerprint density at radius 3 is 2.62 bits per heavy atom. The molecule has 1 atom stereocenters. The van der Waals surface area contributed by atoms with Gasteiger partial charge < -0.3 is 4.57 Å². The van der Waals surface area contributed by atoms with E-state index in [2.05, 4.69) is 82.3 Å². The molecule has 1 aromatic heterocycles. The van der Waals surface area contributed by atoms with Gasteiger partial charge in [0, 0.05) is 18.0 Å². The van der Waals surface area contributed by atoms with Crippen LogP contribution < -0.4 is 0 Å². The van der Waals surface area contributed by atoms with Crippen molar-refractivity contribution in [1.29, 1.82) is 0 Å². The summed E-state index contributed by atoms with van der Waals surface area (Å²) in [7, 11) is 2.17. The van der Waals surface area contributed by atoms with E-state index in [1.807, 2.05) is 6.20 Å². The first-order valence-corrected chi connectivity index (χ1v) is 7.20. The van der Waals surface area contributed by atoms with Crippen molar-refractivity contribution in [2.45, 2.75) is 12.7 Å². The quantitative estimate of drug-likeness (QED) is 0.677. The zero-order chi connectivity index (χ0) is 14.2. The molecule has 0 radical (unpaired) electrons. The van der Waals surface area contributed by atoms with Crippen LogP contribution in [0.2, 0.25) is 0 Å². The lowest BCUT2D eigenvalue weighted by Gasteiger charge is -2.27. The van der Waals surface area contributed by atoms with Crippen LogP contribution in [0.1, 0.15) is 17.2 Å². The van der Waals surface area contributed by atoms with Crippen molar-refractivity contribution in [3.05, 3.63) is 78.1 Å². The van der Waals surface area contributed by atoms with Crippen LogP contribution in [-0.2, 0) is 6.67 Å². The third-order valence-electron chi connectivity index (χ3n) is 4.14. The lowest BCUT2D eigenvalue weighted by atomic mass is 9.94. The first-order chi connectivity index (χ1) is 10.3. The molecule has 0 bridgehead atoms. The Kier molecular flexibility index (Phi) is 2.86. The number of aromatic nitrogens is 2. The number of hydrogen-bond acceptors (Lipinski definition) is 2. The van der Waals surface area contributed by atoms with Gasteiger partial charge in [-0.2, -0.15) is 0 Å². The van der Waals surface area contributed by atoms with Gasteiger partial charge in [-0.15, -0.1) is 0 Å². The zero-order valence-electron chi connectivity index (χ0n) is 12.0. The number of nitrogens with zero attached hydrogens (tertiary/aromatic N) is 3. The minimum Gasteiger partial charge on any atom is -0.317 e. The monoisotopic (exact) mass is 275 g/mol. The summed E-state index contributed by atoms with van der Waals surface area (Å²) in [6, 6.07) is 19.5. The van der Waals surface area contributed by atoms with E-state index < -0.39 is 0 Å². The highest BCUT2D eigenvalue weighted by Gasteiger charge is 2.27. The minimum absolute atomic E-state index is 0.254. The van der Waals surface area contributed by atoms with E-state index in [0.717, 1.165) is 12.5 Å². The molecular weight excluding hydrogens is 258 g/mol. The van der Waals surface area contributed by atoms with Crippen LogP contribution in [-0.4, -0.2) is 21.5 Å². The summed E-state index contributed by atoms with van der Waals surface area (Å²) in [5, 5.41) is 0. The molecule has 1 unspecified atom stereocenters. The fraction of sp³-hybridized carbons (Fsp3) is 0.167. The van der Waals surface area contributed by atoms with Crippen molar-refractivity contribution in [3.63, 3.8) is 0 Å².